The van der Waals surface area contributed by atoms with E-state index in [1.54, 1.807) is 0 Å². The molecule has 1 nitrogen and oxygen atoms in total. The van der Waals surface area contributed by atoms with Crippen LogP contribution in [-0.2, 0) is 0 Å². The van der Waals surface area contributed by atoms with Crippen LogP contribution in [0.1, 0.15) is 56.6 Å². The fourth-order valence-corrected chi connectivity index (χ4v) is 2.03. The zero-order valence-electron chi connectivity index (χ0n) is 10.8. The highest BCUT2D eigenvalue weighted by Gasteiger charge is 2.08. The fourth-order valence-electron chi connectivity index (χ4n) is 2.03. The second-order valence-electron chi connectivity index (χ2n) is 4.33. The van der Waals surface area contributed by atoms with Crippen molar-refractivity contribution < 1.29 is 0 Å². The molecule has 1 aromatic rings. The molecule has 0 aliphatic heterocycles. The van der Waals surface area contributed by atoms with Gasteiger partial charge >= 0.3 is 0 Å². The zero-order valence-corrected chi connectivity index (χ0v) is 10.8. The highest BCUT2D eigenvalue weighted by atomic mass is 14.2. The molecule has 1 unspecified atom stereocenters. The standard InChI is InChI=1S/C16H21N/c1-3-5-6-8-15(7-4-2)16-11-9-14(13-17)10-12-16/h5-6,9-12,15H,3-4,7-8H2,1-2H3/b6-5-. The Labute approximate surface area is 105 Å². The molecule has 0 fully saturated rings. The molecule has 1 heteroatoms. The first kappa shape index (κ1) is 13.5. The summed E-state index contributed by atoms with van der Waals surface area (Å²) in [7, 11) is 0. The first-order valence-electron chi connectivity index (χ1n) is 6.46. The van der Waals surface area contributed by atoms with Crippen LogP contribution >= 0.6 is 0 Å². The lowest BCUT2D eigenvalue weighted by Gasteiger charge is -2.14. The van der Waals surface area contributed by atoms with Gasteiger partial charge in [-0.2, -0.15) is 5.26 Å². The number of nitrogens with zero attached hydrogens (tertiary/aromatic N) is 1. The second-order valence-corrected chi connectivity index (χ2v) is 4.33. The number of hydrogen-bond donors (Lipinski definition) is 0. The van der Waals surface area contributed by atoms with E-state index >= 15 is 0 Å². The van der Waals surface area contributed by atoms with Gasteiger partial charge < -0.3 is 0 Å². The van der Waals surface area contributed by atoms with Gasteiger partial charge in [0.2, 0.25) is 0 Å². The van der Waals surface area contributed by atoms with Gasteiger partial charge in [0.05, 0.1) is 11.6 Å². The molecule has 1 atom stereocenters. The molecule has 0 bridgehead atoms. The van der Waals surface area contributed by atoms with Gasteiger partial charge in [0, 0.05) is 0 Å². The third-order valence-electron chi connectivity index (χ3n) is 2.97. The number of hydrogen-bond acceptors (Lipinski definition) is 1. The molecule has 90 valence electrons. The number of allylic oxidation sites excluding steroid dienone is 2. The van der Waals surface area contributed by atoms with Crippen LogP contribution < -0.4 is 0 Å². The normalized spacial score (nSPS) is 12.5. The van der Waals surface area contributed by atoms with Crippen molar-refractivity contribution in [2.45, 2.75) is 45.4 Å². The minimum absolute atomic E-state index is 0.593. The van der Waals surface area contributed by atoms with Crippen molar-refractivity contribution in [3.8, 4) is 6.07 Å². The highest BCUT2D eigenvalue weighted by Crippen LogP contribution is 2.25. The third-order valence-corrected chi connectivity index (χ3v) is 2.97. The van der Waals surface area contributed by atoms with Crippen LogP contribution in [0.4, 0.5) is 0 Å². The van der Waals surface area contributed by atoms with E-state index in [9.17, 15) is 0 Å². The molecule has 17 heavy (non-hydrogen) atoms. The van der Waals surface area contributed by atoms with Crippen LogP contribution in [0.2, 0.25) is 0 Å². The largest absolute Gasteiger partial charge is 0.192 e. The highest BCUT2D eigenvalue weighted by molar-refractivity contribution is 5.33. The van der Waals surface area contributed by atoms with Gasteiger partial charge in [-0.3, -0.25) is 0 Å². The van der Waals surface area contributed by atoms with Gasteiger partial charge in [-0.15, -0.1) is 0 Å². The predicted octanol–water partition coefficient (Wildman–Crippen LogP) is 4.80. The Morgan fingerprint density at radius 2 is 1.88 bits per heavy atom. The zero-order chi connectivity index (χ0) is 12.5. The predicted molar refractivity (Wildman–Crippen MR) is 72.9 cm³/mol. The quantitative estimate of drug-likeness (QED) is 0.640. The van der Waals surface area contributed by atoms with Crippen molar-refractivity contribution in [2.75, 3.05) is 0 Å². The topological polar surface area (TPSA) is 23.8 Å². The molecular formula is C16H21N. The van der Waals surface area contributed by atoms with E-state index in [2.05, 4.69) is 44.2 Å². The van der Waals surface area contributed by atoms with Crippen LogP contribution in [-0.4, -0.2) is 0 Å². The number of nitriles is 1. The monoisotopic (exact) mass is 227 g/mol. The first-order chi connectivity index (χ1) is 8.31. The average molecular weight is 227 g/mol. The van der Waals surface area contributed by atoms with E-state index in [0.717, 1.165) is 18.4 Å². The first-order valence-corrected chi connectivity index (χ1v) is 6.46. The summed E-state index contributed by atoms with van der Waals surface area (Å²) in [5.41, 5.74) is 2.10. The lowest BCUT2D eigenvalue weighted by atomic mass is 9.91. The van der Waals surface area contributed by atoms with E-state index < -0.39 is 0 Å². The summed E-state index contributed by atoms with van der Waals surface area (Å²) < 4.78 is 0. The van der Waals surface area contributed by atoms with Crippen molar-refractivity contribution in [1.29, 1.82) is 5.26 Å². The summed E-state index contributed by atoms with van der Waals surface area (Å²) in [6, 6.07) is 10.2. The Bertz CT molecular complexity index is 381. The van der Waals surface area contributed by atoms with E-state index in [-0.39, 0.29) is 0 Å². The van der Waals surface area contributed by atoms with E-state index in [1.807, 2.05) is 12.1 Å². The van der Waals surface area contributed by atoms with Crippen molar-refractivity contribution in [1.82, 2.24) is 0 Å². The van der Waals surface area contributed by atoms with Crippen molar-refractivity contribution >= 4 is 0 Å². The molecule has 0 N–H and O–H groups in total. The summed E-state index contributed by atoms with van der Waals surface area (Å²) in [6.07, 6.45) is 9.12. The van der Waals surface area contributed by atoms with Crippen LogP contribution in [0, 0.1) is 11.3 Å². The molecule has 1 aromatic carbocycles. The molecule has 0 amide bonds. The second kappa shape index (κ2) is 7.68. The minimum Gasteiger partial charge on any atom is -0.192 e. The Morgan fingerprint density at radius 1 is 1.18 bits per heavy atom. The number of rotatable bonds is 6. The summed E-state index contributed by atoms with van der Waals surface area (Å²) >= 11 is 0. The lowest BCUT2D eigenvalue weighted by Crippen LogP contribution is -1.97. The summed E-state index contributed by atoms with van der Waals surface area (Å²) in [5, 5.41) is 8.78. The van der Waals surface area contributed by atoms with Gasteiger partial charge in [0.1, 0.15) is 0 Å². The van der Waals surface area contributed by atoms with E-state index in [1.165, 1.54) is 18.4 Å². The van der Waals surface area contributed by atoms with Crippen LogP contribution in [0.25, 0.3) is 0 Å². The molecule has 0 aliphatic carbocycles. The van der Waals surface area contributed by atoms with E-state index in [4.69, 9.17) is 5.26 Å². The molecule has 0 aliphatic rings. The smallest absolute Gasteiger partial charge is 0.0991 e. The van der Waals surface area contributed by atoms with Crippen LogP contribution in [0.3, 0.4) is 0 Å². The molecule has 0 heterocycles. The van der Waals surface area contributed by atoms with Gasteiger partial charge in [0.15, 0.2) is 0 Å². The maximum absolute atomic E-state index is 8.78. The minimum atomic E-state index is 0.593. The van der Waals surface area contributed by atoms with Crippen molar-refractivity contribution in [2.24, 2.45) is 0 Å². The van der Waals surface area contributed by atoms with Gasteiger partial charge in [0.25, 0.3) is 0 Å². The Kier molecular flexibility index (Phi) is 6.10. The molecule has 0 saturated heterocycles. The Hall–Kier alpha value is -1.55. The number of benzene rings is 1. The SMILES string of the molecule is CC/C=C\CC(CCC)c1ccc(C#N)cc1. The lowest BCUT2D eigenvalue weighted by molar-refractivity contribution is 0.620. The molecule has 0 radical (unpaired) electrons. The average Bonchev–Trinajstić information content (AvgIpc) is 2.38. The van der Waals surface area contributed by atoms with Gasteiger partial charge in [-0.1, -0.05) is 44.6 Å². The maximum atomic E-state index is 8.78. The molecular weight excluding hydrogens is 206 g/mol. The molecule has 0 saturated carbocycles. The Balaban J connectivity index is 2.74. The fraction of sp³-hybridized carbons (Fsp3) is 0.438. The van der Waals surface area contributed by atoms with Gasteiger partial charge in [-0.05, 0) is 42.9 Å². The van der Waals surface area contributed by atoms with Crippen LogP contribution in [0.15, 0.2) is 36.4 Å². The summed E-state index contributed by atoms with van der Waals surface area (Å²) in [6.45, 7) is 4.38. The molecule has 0 aromatic heterocycles. The van der Waals surface area contributed by atoms with E-state index in [0.29, 0.717) is 5.92 Å². The van der Waals surface area contributed by atoms with Crippen LogP contribution in [0.5, 0.6) is 0 Å². The summed E-state index contributed by atoms with van der Waals surface area (Å²) in [4.78, 5) is 0. The van der Waals surface area contributed by atoms with Crippen molar-refractivity contribution in [3.05, 3.63) is 47.5 Å². The van der Waals surface area contributed by atoms with Gasteiger partial charge in [-0.25, -0.2) is 0 Å². The third kappa shape index (κ3) is 4.44. The summed E-state index contributed by atoms with van der Waals surface area (Å²) in [5.74, 6) is 0.593. The maximum Gasteiger partial charge on any atom is 0.0991 e. The molecule has 1 rings (SSSR count). The van der Waals surface area contributed by atoms with Crippen molar-refractivity contribution in [3.63, 3.8) is 0 Å². The molecule has 0 spiro atoms. The Morgan fingerprint density at radius 3 is 2.41 bits per heavy atom.